The first-order valence-corrected chi connectivity index (χ1v) is 7.57. The maximum Gasteiger partial charge on any atom is 0.311 e. The molecule has 2 atom stereocenters. The summed E-state index contributed by atoms with van der Waals surface area (Å²) in [6.07, 6.45) is 1.10. The number of rotatable bonds is 1. The van der Waals surface area contributed by atoms with E-state index in [1.165, 1.54) is 12.7 Å². The van der Waals surface area contributed by atoms with Gasteiger partial charge in [-0.1, -0.05) is 18.2 Å². The van der Waals surface area contributed by atoms with Crippen molar-refractivity contribution in [1.82, 2.24) is 9.47 Å². The van der Waals surface area contributed by atoms with E-state index in [2.05, 4.69) is 11.0 Å². The van der Waals surface area contributed by atoms with Gasteiger partial charge in [0.25, 0.3) is 0 Å². The van der Waals surface area contributed by atoms with Gasteiger partial charge in [-0.25, -0.2) is 0 Å². The Morgan fingerprint density at radius 3 is 2.86 bits per heavy atom. The molecule has 1 aromatic heterocycles. The van der Waals surface area contributed by atoms with E-state index in [1.54, 1.807) is 0 Å². The average Bonchev–Trinajstić information content (AvgIpc) is 2.87. The van der Waals surface area contributed by atoms with Crippen molar-refractivity contribution in [2.75, 3.05) is 20.7 Å². The summed E-state index contributed by atoms with van der Waals surface area (Å²) in [5, 5.41) is 1.13. The lowest BCUT2D eigenvalue weighted by atomic mass is 9.84. The van der Waals surface area contributed by atoms with Crippen molar-refractivity contribution >= 4 is 22.8 Å². The number of ether oxygens (including phenoxy) is 1. The van der Waals surface area contributed by atoms with E-state index in [0.717, 1.165) is 29.6 Å². The van der Waals surface area contributed by atoms with Crippen LogP contribution in [0, 0.1) is 5.92 Å². The zero-order valence-electron chi connectivity index (χ0n) is 12.7. The molecule has 4 rings (SSSR count). The van der Waals surface area contributed by atoms with Crippen LogP contribution in [0.4, 0.5) is 0 Å². The van der Waals surface area contributed by atoms with Gasteiger partial charge in [-0.15, -0.1) is 0 Å². The molecular formula is C17H18N2O3. The van der Waals surface area contributed by atoms with Crippen molar-refractivity contribution in [3.63, 3.8) is 0 Å². The predicted octanol–water partition coefficient (Wildman–Crippen LogP) is 2.00. The van der Waals surface area contributed by atoms with Crippen LogP contribution in [-0.2, 0) is 16.0 Å². The van der Waals surface area contributed by atoms with Gasteiger partial charge in [-0.2, -0.15) is 0 Å². The summed E-state index contributed by atoms with van der Waals surface area (Å²) in [6, 6.07) is 7.93. The third-order valence-corrected chi connectivity index (χ3v) is 5.02. The van der Waals surface area contributed by atoms with E-state index < -0.39 is 5.92 Å². The largest absolute Gasteiger partial charge is 0.469 e. The van der Waals surface area contributed by atoms with Gasteiger partial charge in [0.1, 0.15) is 0 Å². The molecule has 0 saturated heterocycles. The summed E-state index contributed by atoms with van der Waals surface area (Å²) in [5.41, 5.74) is 3.16. The molecule has 0 amide bonds. The van der Waals surface area contributed by atoms with Crippen LogP contribution in [-0.4, -0.2) is 42.0 Å². The van der Waals surface area contributed by atoms with Crippen molar-refractivity contribution < 1.29 is 14.3 Å². The summed E-state index contributed by atoms with van der Waals surface area (Å²) in [7, 11) is 3.40. The van der Waals surface area contributed by atoms with Crippen LogP contribution in [0.15, 0.2) is 24.3 Å². The number of carbonyl (C=O) groups is 2. The second-order valence-electron chi connectivity index (χ2n) is 6.12. The van der Waals surface area contributed by atoms with Crippen molar-refractivity contribution in [1.29, 1.82) is 0 Å². The third-order valence-electron chi connectivity index (χ3n) is 5.02. The number of hydrogen-bond acceptors (Lipinski definition) is 4. The summed E-state index contributed by atoms with van der Waals surface area (Å²) in [4.78, 5) is 27.0. The van der Waals surface area contributed by atoms with Gasteiger partial charge < -0.3 is 4.74 Å². The Bertz CT molecular complexity index is 793. The van der Waals surface area contributed by atoms with E-state index in [1.807, 2.05) is 29.8 Å². The summed E-state index contributed by atoms with van der Waals surface area (Å²) in [6.45, 7) is 0.882. The maximum absolute atomic E-state index is 12.7. The Morgan fingerprint density at radius 2 is 2.09 bits per heavy atom. The number of methoxy groups -OCH3 is 1. The van der Waals surface area contributed by atoms with Crippen molar-refractivity contribution in [2.45, 2.75) is 18.9 Å². The van der Waals surface area contributed by atoms with E-state index in [9.17, 15) is 9.59 Å². The number of esters is 1. The second-order valence-corrected chi connectivity index (χ2v) is 6.12. The molecule has 114 valence electrons. The first-order chi connectivity index (χ1) is 10.6. The van der Waals surface area contributed by atoms with E-state index in [0.29, 0.717) is 0 Å². The minimum atomic E-state index is -0.418. The fraction of sp³-hybridized carbons (Fsp3) is 0.412. The van der Waals surface area contributed by atoms with Crippen LogP contribution in [0.2, 0.25) is 0 Å². The molecule has 2 aliphatic rings. The molecule has 2 aliphatic heterocycles. The number of aromatic nitrogens is 1. The van der Waals surface area contributed by atoms with E-state index in [-0.39, 0.29) is 24.3 Å². The number of benzene rings is 1. The van der Waals surface area contributed by atoms with Crippen LogP contribution >= 0.6 is 0 Å². The number of nitrogens with zero attached hydrogens (tertiary/aromatic N) is 2. The average molecular weight is 298 g/mol. The zero-order chi connectivity index (χ0) is 15.4. The third kappa shape index (κ3) is 1.63. The van der Waals surface area contributed by atoms with Crippen LogP contribution in [0.3, 0.4) is 0 Å². The Balaban J connectivity index is 2.02. The van der Waals surface area contributed by atoms with Crippen molar-refractivity contribution in [3.8, 4) is 0 Å². The van der Waals surface area contributed by atoms with Gasteiger partial charge in [-0.05, 0) is 25.1 Å². The van der Waals surface area contributed by atoms with Gasteiger partial charge in [0.15, 0.2) is 0 Å². The summed E-state index contributed by atoms with van der Waals surface area (Å²) >= 11 is 0. The van der Waals surface area contributed by atoms with Gasteiger partial charge >= 0.3 is 5.97 Å². The molecule has 0 N–H and O–H groups in total. The highest BCUT2D eigenvalue weighted by Crippen LogP contribution is 2.44. The minimum absolute atomic E-state index is 0.0144. The van der Waals surface area contributed by atoms with Crippen LogP contribution < -0.4 is 0 Å². The van der Waals surface area contributed by atoms with E-state index >= 15 is 0 Å². The van der Waals surface area contributed by atoms with Gasteiger partial charge in [0.2, 0.25) is 5.91 Å². The Kier molecular flexibility index (Phi) is 2.87. The lowest BCUT2D eigenvalue weighted by molar-refractivity contribution is -0.148. The smallest absolute Gasteiger partial charge is 0.311 e. The van der Waals surface area contributed by atoms with Crippen LogP contribution in [0.1, 0.15) is 28.5 Å². The van der Waals surface area contributed by atoms with Gasteiger partial charge in [0.05, 0.1) is 24.6 Å². The predicted molar refractivity (Wildman–Crippen MR) is 81.8 cm³/mol. The van der Waals surface area contributed by atoms with Gasteiger partial charge in [0, 0.05) is 24.0 Å². The molecule has 0 fully saturated rings. The standard InChI is InChI=1S/C17H18N2O3/c1-18-8-7-11-10-5-3-4-6-13(10)19-14(20)9-12(17(21)22-2)15(18)16(11)19/h3-6,12,15H,7-9H2,1-2H3/t12-,15-/m0/s1. The number of likely N-dealkylation sites (N-methyl/N-ethyl adjacent to an activating group) is 1. The highest BCUT2D eigenvalue weighted by Gasteiger charge is 2.45. The highest BCUT2D eigenvalue weighted by molar-refractivity contribution is 5.99. The molecule has 5 heteroatoms. The molecule has 1 aromatic carbocycles. The zero-order valence-corrected chi connectivity index (χ0v) is 12.7. The SMILES string of the molecule is COC(=O)[C@H]1CC(=O)n2c3c(c4ccccc42)CCN(C)[C@H]31. The number of para-hydroxylation sites is 1. The highest BCUT2D eigenvalue weighted by atomic mass is 16.5. The number of fused-ring (bicyclic) bond motifs is 3. The Hall–Kier alpha value is -2.14. The molecule has 0 bridgehead atoms. The molecular weight excluding hydrogens is 280 g/mol. The molecule has 3 heterocycles. The summed E-state index contributed by atoms with van der Waals surface area (Å²) < 4.78 is 6.77. The Labute approximate surface area is 128 Å². The lowest BCUT2D eigenvalue weighted by Gasteiger charge is -2.40. The molecule has 5 nitrogen and oxygen atoms in total. The fourth-order valence-corrected chi connectivity index (χ4v) is 4.06. The Morgan fingerprint density at radius 1 is 1.32 bits per heavy atom. The first-order valence-electron chi connectivity index (χ1n) is 7.57. The second kappa shape index (κ2) is 4.68. The molecule has 0 radical (unpaired) electrons. The first kappa shape index (κ1) is 13.5. The minimum Gasteiger partial charge on any atom is -0.469 e. The number of hydrogen-bond donors (Lipinski definition) is 0. The topological polar surface area (TPSA) is 51.5 Å². The lowest BCUT2D eigenvalue weighted by Crippen LogP contribution is -2.45. The maximum atomic E-state index is 12.7. The van der Waals surface area contributed by atoms with Crippen molar-refractivity contribution in [2.24, 2.45) is 5.92 Å². The normalized spacial score (nSPS) is 24.4. The fourth-order valence-electron chi connectivity index (χ4n) is 4.06. The molecule has 22 heavy (non-hydrogen) atoms. The molecule has 2 aromatic rings. The molecule has 0 aliphatic carbocycles. The molecule has 0 spiro atoms. The van der Waals surface area contributed by atoms with Crippen molar-refractivity contribution in [3.05, 3.63) is 35.5 Å². The quantitative estimate of drug-likeness (QED) is 0.756. The monoisotopic (exact) mass is 298 g/mol. The van der Waals surface area contributed by atoms with Gasteiger partial charge in [-0.3, -0.25) is 19.1 Å². The van der Waals surface area contributed by atoms with Crippen LogP contribution in [0.5, 0.6) is 0 Å². The number of carbonyl (C=O) groups excluding carboxylic acids is 2. The molecule has 0 unspecified atom stereocenters. The van der Waals surface area contributed by atoms with Crippen LogP contribution in [0.25, 0.3) is 10.9 Å². The molecule has 0 saturated carbocycles. The van der Waals surface area contributed by atoms with E-state index in [4.69, 9.17) is 4.74 Å². The summed E-state index contributed by atoms with van der Waals surface area (Å²) in [5.74, 6) is -0.729.